The van der Waals surface area contributed by atoms with E-state index in [1.54, 1.807) is 0 Å². The average Bonchev–Trinajstić information content (AvgIpc) is 3.70. The summed E-state index contributed by atoms with van der Waals surface area (Å²) in [5.41, 5.74) is 11.9. The zero-order chi connectivity index (χ0) is 33.8. The number of benzene rings is 7. The molecule has 0 N–H and O–H groups in total. The van der Waals surface area contributed by atoms with Crippen LogP contribution in [0.4, 0.5) is 5.69 Å². The van der Waals surface area contributed by atoms with Gasteiger partial charge >= 0.3 is 0 Å². The average molecular weight is 636 g/mol. The minimum absolute atomic E-state index is 0.556. The van der Waals surface area contributed by atoms with Crippen LogP contribution in [0.25, 0.3) is 82.1 Å². The molecule has 9 rings (SSSR count). The van der Waals surface area contributed by atoms with E-state index in [4.69, 9.17) is 6.57 Å². The predicted octanol–water partition coefficient (Wildman–Crippen LogP) is 11.5. The maximum absolute atomic E-state index is 9.96. The van der Waals surface area contributed by atoms with Crippen molar-refractivity contribution >= 4 is 49.3 Å². The van der Waals surface area contributed by atoms with E-state index in [0.29, 0.717) is 16.8 Å². The number of para-hydroxylation sites is 2. The van der Waals surface area contributed by atoms with Gasteiger partial charge in [-0.2, -0.15) is 10.5 Å². The monoisotopic (exact) mass is 635 g/mol. The summed E-state index contributed by atoms with van der Waals surface area (Å²) >= 11 is 0. The van der Waals surface area contributed by atoms with E-state index in [-0.39, 0.29) is 0 Å². The van der Waals surface area contributed by atoms with Crippen LogP contribution in [-0.4, -0.2) is 9.13 Å². The standard InChI is InChI=1S/C45H25N5/c1-48-32-20-23-38(44(26-32)50-40-14-6-4-12-36(40)37-13-5-7-15-41(37)50)35-11-3-2-10-34(35)30-18-21-33(22-19-30)49-42-24-17-29(27-46)25-39(42)45-31(28-47)9-8-16-43(45)49/h2-26H. The summed E-state index contributed by atoms with van der Waals surface area (Å²) in [7, 11) is 0. The van der Waals surface area contributed by atoms with Crippen LogP contribution in [-0.2, 0) is 0 Å². The zero-order valence-corrected chi connectivity index (χ0v) is 26.7. The number of fused-ring (bicyclic) bond motifs is 6. The molecule has 0 saturated heterocycles. The van der Waals surface area contributed by atoms with Crippen molar-refractivity contribution in [2.75, 3.05) is 0 Å². The van der Waals surface area contributed by atoms with Crippen LogP contribution in [0.5, 0.6) is 0 Å². The van der Waals surface area contributed by atoms with Gasteiger partial charge in [0.2, 0.25) is 0 Å². The first-order valence-electron chi connectivity index (χ1n) is 16.3. The van der Waals surface area contributed by atoms with Crippen LogP contribution < -0.4 is 0 Å². The minimum Gasteiger partial charge on any atom is -0.310 e. The van der Waals surface area contributed by atoms with E-state index in [2.05, 4.69) is 129 Å². The lowest BCUT2D eigenvalue weighted by atomic mass is 9.93. The molecule has 0 aliphatic rings. The van der Waals surface area contributed by atoms with Gasteiger partial charge in [0.05, 0.1) is 51.9 Å². The van der Waals surface area contributed by atoms with Gasteiger partial charge in [-0.05, 0) is 77.4 Å². The molecule has 0 fully saturated rings. The first kappa shape index (κ1) is 28.8. The predicted molar refractivity (Wildman–Crippen MR) is 202 cm³/mol. The molecular weight excluding hydrogens is 611 g/mol. The Kier molecular flexibility index (Phi) is 6.56. The van der Waals surface area contributed by atoms with Crippen molar-refractivity contribution in [3.8, 4) is 45.8 Å². The van der Waals surface area contributed by atoms with Gasteiger partial charge < -0.3 is 9.13 Å². The molecule has 0 atom stereocenters. The zero-order valence-electron chi connectivity index (χ0n) is 26.7. The molecule has 230 valence electrons. The molecule has 5 heteroatoms. The van der Waals surface area contributed by atoms with Crippen molar-refractivity contribution in [3.63, 3.8) is 0 Å². The summed E-state index contributed by atoms with van der Waals surface area (Å²) in [6, 6.07) is 55.7. The second-order valence-corrected chi connectivity index (χ2v) is 12.3. The van der Waals surface area contributed by atoms with E-state index in [1.165, 1.54) is 10.8 Å². The van der Waals surface area contributed by atoms with Crippen molar-refractivity contribution in [1.82, 2.24) is 9.13 Å². The normalized spacial score (nSPS) is 11.1. The Morgan fingerprint density at radius 3 is 1.86 bits per heavy atom. The fourth-order valence-corrected chi connectivity index (χ4v) is 7.46. The molecule has 0 saturated carbocycles. The van der Waals surface area contributed by atoms with E-state index < -0.39 is 0 Å². The van der Waals surface area contributed by atoms with Crippen molar-refractivity contribution in [3.05, 3.63) is 174 Å². The highest BCUT2D eigenvalue weighted by Crippen LogP contribution is 2.42. The van der Waals surface area contributed by atoms with Gasteiger partial charge in [-0.25, -0.2) is 4.85 Å². The molecule has 0 amide bonds. The van der Waals surface area contributed by atoms with Gasteiger partial charge in [0.1, 0.15) is 0 Å². The third-order valence-corrected chi connectivity index (χ3v) is 9.62. The van der Waals surface area contributed by atoms with Crippen LogP contribution in [0.2, 0.25) is 0 Å². The Morgan fingerprint density at radius 1 is 0.500 bits per heavy atom. The number of nitriles is 2. The van der Waals surface area contributed by atoms with Gasteiger partial charge in [0.15, 0.2) is 5.69 Å². The van der Waals surface area contributed by atoms with Crippen LogP contribution >= 0.6 is 0 Å². The quantitative estimate of drug-likeness (QED) is 0.181. The SMILES string of the molecule is [C-]#[N+]c1ccc(-c2ccccc2-c2ccc(-n3c4ccc(C#N)cc4c4c(C#N)cccc43)cc2)c(-n2c3ccccc3c3ccccc32)c1. The topological polar surface area (TPSA) is 61.8 Å². The molecule has 0 unspecified atom stereocenters. The fraction of sp³-hybridized carbons (Fsp3) is 0. The van der Waals surface area contributed by atoms with Crippen molar-refractivity contribution in [1.29, 1.82) is 10.5 Å². The summed E-state index contributed by atoms with van der Waals surface area (Å²) in [4.78, 5) is 3.81. The molecule has 0 spiro atoms. The van der Waals surface area contributed by atoms with Crippen LogP contribution in [0.1, 0.15) is 11.1 Å². The van der Waals surface area contributed by atoms with Crippen molar-refractivity contribution in [2.45, 2.75) is 0 Å². The van der Waals surface area contributed by atoms with Crippen molar-refractivity contribution in [2.24, 2.45) is 0 Å². The summed E-state index contributed by atoms with van der Waals surface area (Å²) in [5.74, 6) is 0. The van der Waals surface area contributed by atoms with E-state index >= 15 is 0 Å². The molecule has 2 aromatic heterocycles. The third kappa shape index (κ3) is 4.31. The molecule has 0 bridgehead atoms. The molecule has 50 heavy (non-hydrogen) atoms. The molecule has 2 heterocycles. The lowest BCUT2D eigenvalue weighted by Crippen LogP contribution is -1.98. The number of nitrogens with zero attached hydrogens (tertiary/aromatic N) is 5. The van der Waals surface area contributed by atoms with E-state index in [0.717, 1.165) is 66.5 Å². The Morgan fingerprint density at radius 2 is 1.16 bits per heavy atom. The third-order valence-electron chi connectivity index (χ3n) is 9.62. The second-order valence-electron chi connectivity index (χ2n) is 12.3. The molecular formula is C45H25N5. The van der Waals surface area contributed by atoms with Gasteiger partial charge in [0, 0.05) is 38.5 Å². The maximum atomic E-state index is 9.96. The van der Waals surface area contributed by atoms with Gasteiger partial charge in [0.25, 0.3) is 0 Å². The summed E-state index contributed by atoms with van der Waals surface area (Å²) in [6.45, 7) is 7.85. The lowest BCUT2D eigenvalue weighted by molar-refractivity contribution is 1.18. The fourth-order valence-electron chi connectivity index (χ4n) is 7.46. The number of hydrogen-bond acceptors (Lipinski definition) is 2. The number of aromatic nitrogens is 2. The molecule has 9 aromatic rings. The smallest absolute Gasteiger partial charge is 0.189 e. The van der Waals surface area contributed by atoms with Crippen LogP contribution in [0.3, 0.4) is 0 Å². The first-order chi connectivity index (χ1) is 24.7. The van der Waals surface area contributed by atoms with Gasteiger partial charge in [-0.1, -0.05) is 91.0 Å². The highest BCUT2D eigenvalue weighted by Gasteiger charge is 2.19. The Balaban J connectivity index is 1.23. The molecule has 7 aromatic carbocycles. The largest absolute Gasteiger partial charge is 0.310 e. The van der Waals surface area contributed by atoms with Gasteiger partial charge in [-0.3, -0.25) is 0 Å². The lowest BCUT2D eigenvalue weighted by Gasteiger charge is -2.18. The summed E-state index contributed by atoms with van der Waals surface area (Å²) in [6.07, 6.45) is 0. The Bertz CT molecular complexity index is 2900. The Labute approximate surface area is 288 Å². The highest BCUT2D eigenvalue weighted by atomic mass is 15.0. The van der Waals surface area contributed by atoms with Gasteiger partial charge in [-0.15, -0.1) is 0 Å². The summed E-state index contributed by atoms with van der Waals surface area (Å²) in [5, 5.41) is 23.6. The van der Waals surface area contributed by atoms with Crippen LogP contribution in [0, 0.1) is 29.2 Å². The second kappa shape index (κ2) is 11.4. The van der Waals surface area contributed by atoms with E-state index in [9.17, 15) is 10.5 Å². The van der Waals surface area contributed by atoms with E-state index in [1.807, 2.05) is 48.5 Å². The van der Waals surface area contributed by atoms with Crippen LogP contribution in [0.15, 0.2) is 152 Å². The molecule has 0 aliphatic carbocycles. The molecule has 0 radical (unpaired) electrons. The highest BCUT2D eigenvalue weighted by molar-refractivity contribution is 6.12. The molecule has 0 aliphatic heterocycles. The Hall–Kier alpha value is -7.39. The molecule has 5 nitrogen and oxygen atoms in total. The first-order valence-corrected chi connectivity index (χ1v) is 16.3. The van der Waals surface area contributed by atoms with Crippen molar-refractivity contribution < 1.29 is 0 Å². The summed E-state index contributed by atoms with van der Waals surface area (Å²) < 4.78 is 4.44. The number of rotatable bonds is 4. The maximum Gasteiger partial charge on any atom is 0.189 e. The number of hydrogen-bond donors (Lipinski definition) is 0. The minimum atomic E-state index is 0.556.